The van der Waals surface area contributed by atoms with Gasteiger partial charge in [-0.1, -0.05) is 18.2 Å². The fourth-order valence-corrected chi connectivity index (χ4v) is 4.12. The van der Waals surface area contributed by atoms with Crippen LogP contribution in [0.25, 0.3) is 0 Å². The topological polar surface area (TPSA) is 112 Å². The number of carbonyl (C=O) groups is 1. The predicted molar refractivity (Wildman–Crippen MR) is 124 cm³/mol. The van der Waals surface area contributed by atoms with Gasteiger partial charge < -0.3 is 24.3 Å². The second-order valence-corrected chi connectivity index (χ2v) is 8.38. The van der Waals surface area contributed by atoms with Gasteiger partial charge in [-0.15, -0.1) is 0 Å². The Kier molecular flexibility index (Phi) is 7.29. The van der Waals surface area contributed by atoms with Crippen LogP contribution in [0.3, 0.4) is 0 Å². The molecular weight excluding hydrogens is 448 g/mol. The van der Waals surface area contributed by atoms with Gasteiger partial charge in [0.15, 0.2) is 11.5 Å². The van der Waals surface area contributed by atoms with E-state index in [1.807, 2.05) is 0 Å². The van der Waals surface area contributed by atoms with Crippen molar-refractivity contribution in [2.45, 2.75) is 4.90 Å². The first-order valence-electron chi connectivity index (χ1n) is 9.70. The molecule has 0 aliphatic carbocycles. The number of hydrogen-bond acceptors (Lipinski definition) is 7. The average molecular weight is 473 g/mol. The summed E-state index contributed by atoms with van der Waals surface area (Å²) in [4.78, 5) is 12.5. The van der Waals surface area contributed by atoms with Crippen molar-refractivity contribution < 1.29 is 32.2 Å². The molecule has 0 atom stereocenters. The normalized spacial score (nSPS) is 10.8. The monoisotopic (exact) mass is 472 g/mol. The number of hydrogen-bond donors (Lipinski definition) is 2. The summed E-state index contributed by atoms with van der Waals surface area (Å²) in [6, 6.07) is 15.8. The van der Waals surface area contributed by atoms with Gasteiger partial charge in [-0.3, -0.25) is 9.52 Å². The summed E-state index contributed by atoms with van der Waals surface area (Å²) in [5, 5.41) is 2.75. The molecule has 0 aliphatic heterocycles. The quantitative estimate of drug-likeness (QED) is 0.487. The number of methoxy groups -OCH3 is 4. The van der Waals surface area contributed by atoms with Gasteiger partial charge >= 0.3 is 0 Å². The SMILES string of the molecule is COc1cc(NS(=O)(=O)c2ccc(OC)c(OC)c2)c(OC)cc1NC(=O)c1ccccc1. The van der Waals surface area contributed by atoms with Crippen molar-refractivity contribution in [2.75, 3.05) is 38.5 Å². The summed E-state index contributed by atoms with van der Waals surface area (Å²) in [6.07, 6.45) is 0. The summed E-state index contributed by atoms with van der Waals surface area (Å²) < 4.78 is 49.6. The zero-order chi connectivity index (χ0) is 24.0. The number of rotatable bonds is 9. The van der Waals surface area contributed by atoms with Crippen LogP contribution in [0.4, 0.5) is 11.4 Å². The molecule has 10 heteroatoms. The molecule has 33 heavy (non-hydrogen) atoms. The van der Waals surface area contributed by atoms with E-state index in [-0.39, 0.29) is 33.7 Å². The van der Waals surface area contributed by atoms with Gasteiger partial charge in [0.1, 0.15) is 11.5 Å². The van der Waals surface area contributed by atoms with Gasteiger partial charge in [-0.05, 0) is 24.3 Å². The van der Waals surface area contributed by atoms with Crippen molar-refractivity contribution >= 4 is 27.3 Å². The Labute approximate surface area is 192 Å². The standard InChI is InChI=1S/C23H24N2O7S/c1-29-19-11-10-16(12-22(19)32-4)33(27,28)25-18-14-20(30-2)17(13-21(18)31-3)24-23(26)15-8-6-5-7-9-15/h5-14,25H,1-4H3,(H,24,26). The molecule has 0 aliphatic rings. The molecule has 0 unspecified atom stereocenters. The van der Waals surface area contributed by atoms with Crippen molar-refractivity contribution in [2.24, 2.45) is 0 Å². The maximum absolute atomic E-state index is 13.0. The van der Waals surface area contributed by atoms with Gasteiger partial charge in [-0.25, -0.2) is 8.42 Å². The van der Waals surface area contributed by atoms with E-state index in [4.69, 9.17) is 18.9 Å². The number of ether oxygens (including phenoxy) is 4. The number of sulfonamides is 1. The average Bonchev–Trinajstić information content (AvgIpc) is 2.84. The lowest BCUT2D eigenvalue weighted by atomic mass is 10.2. The number of nitrogens with one attached hydrogen (secondary N) is 2. The second kappa shape index (κ2) is 10.1. The molecule has 174 valence electrons. The minimum Gasteiger partial charge on any atom is -0.494 e. The Morgan fingerprint density at radius 3 is 1.88 bits per heavy atom. The molecule has 0 saturated heterocycles. The van der Waals surface area contributed by atoms with Crippen molar-refractivity contribution in [3.63, 3.8) is 0 Å². The van der Waals surface area contributed by atoms with Gasteiger partial charge in [0.05, 0.1) is 44.7 Å². The fourth-order valence-electron chi connectivity index (χ4n) is 3.05. The zero-order valence-corrected chi connectivity index (χ0v) is 19.4. The van der Waals surface area contributed by atoms with Crippen LogP contribution in [-0.2, 0) is 10.0 Å². The van der Waals surface area contributed by atoms with E-state index in [1.165, 1.54) is 58.8 Å². The van der Waals surface area contributed by atoms with Crippen LogP contribution >= 0.6 is 0 Å². The maximum Gasteiger partial charge on any atom is 0.262 e. The molecule has 3 aromatic carbocycles. The van der Waals surface area contributed by atoms with Crippen LogP contribution < -0.4 is 29.0 Å². The van der Waals surface area contributed by atoms with E-state index in [9.17, 15) is 13.2 Å². The summed E-state index contributed by atoms with van der Waals surface area (Å²) in [5.74, 6) is 0.737. The molecule has 0 aromatic heterocycles. The Bertz CT molecular complexity index is 1250. The predicted octanol–water partition coefficient (Wildman–Crippen LogP) is 3.77. The first-order valence-corrected chi connectivity index (χ1v) is 11.2. The lowest BCUT2D eigenvalue weighted by Gasteiger charge is -2.17. The third-order valence-electron chi connectivity index (χ3n) is 4.72. The van der Waals surface area contributed by atoms with E-state index < -0.39 is 10.0 Å². The van der Waals surface area contributed by atoms with E-state index >= 15 is 0 Å². The van der Waals surface area contributed by atoms with Crippen LogP contribution in [0.2, 0.25) is 0 Å². The van der Waals surface area contributed by atoms with Gasteiger partial charge in [-0.2, -0.15) is 0 Å². The number of amides is 1. The minimum atomic E-state index is -4.02. The molecule has 2 N–H and O–H groups in total. The molecule has 0 heterocycles. The number of carbonyl (C=O) groups excluding carboxylic acids is 1. The third kappa shape index (κ3) is 5.29. The zero-order valence-electron chi connectivity index (χ0n) is 18.5. The number of anilines is 2. The molecule has 0 bridgehead atoms. The molecule has 0 spiro atoms. The number of benzene rings is 3. The van der Waals surface area contributed by atoms with Crippen molar-refractivity contribution in [3.8, 4) is 23.0 Å². The summed E-state index contributed by atoms with van der Waals surface area (Å²) in [5.41, 5.74) is 0.899. The van der Waals surface area contributed by atoms with E-state index in [0.717, 1.165) is 0 Å². The molecule has 1 amide bonds. The summed E-state index contributed by atoms with van der Waals surface area (Å²) in [6.45, 7) is 0. The Morgan fingerprint density at radius 2 is 1.27 bits per heavy atom. The van der Waals surface area contributed by atoms with Gasteiger partial charge in [0, 0.05) is 23.8 Å². The van der Waals surface area contributed by atoms with Crippen LogP contribution in [-0.4, -0.2) is 42.8 Å². The van der Waals surface area contributed by atoms with Crippen LogP contribution in [0.5, 0.6) is 23.0 Å². The van der Waals surface area contributed by atoms with Crippen LogP contribution in [0, 0.1) is 0 Å². The van der Waals surface area contributed by atoms with Crippen LogP contribution in [0.1, 0.15) is 10.4 Å². The molecule has 0 fully saturated rings. The van der Waals surface area contributed by atoms with Crippen molar-refractivity contribution in [1.82, 2.24) is 0 Å². The van der Waals surface area contributed by atoms with E-state index in [1.54, 1.807) is 30.3 Å². The first-order chi connectivity index (χ1) is 15.8. The first kappa shape index (κ1) is 23.7. The molecule has 0 saturated carbocycles. The highest BCUT2D eigenvalue weighted by atomic mass is 32.2. The highest BCUT2D eigenvalue weighted by Gasteiger charge is 2.21. The smallest absolute Gasteiger partial charge is 0.262 e. The lowest BCUT2D eigenvalue weighted by molar-refractivity contribution is 0.102. The largest absolute Gasteiger partial charge is 0.494 e. The minimum absolute atomic E-state index is 0.0392. The maximum atomic E-state index is 13.0. The Morgan fingerprint density at radius 1 is 0.697 bits per heavy atom. The molecule has 3 rings (SSSR count). The van der Waals surface area contributed by atoms with Crippen molar-refractivity contribution in [1.29, 1.82) is 0 Å². The molecule has 3 aromatic rings. The van der Waals surface area contributed by atoms with Crippen LogP contribution in [0.15, 0.2) is 65.6 Å². The Hall–Kier alpha value is -3.92. The highest BCUT2D eigenvalue weighted by molar-refractivity contribution is 7.92. The summed E-state index contributed by atoms with van der Waals surface area (Å²) >= 11 is 0. The molecule has 9 nitrogen and oxygen atoms in total. The fraction of sp³-hybridized carbons (Fsp3) is 0.174. The van der Waals surface area contributed by atoms with Gasteiger partial charge in [0.2, 0.25) is 0 Å². The Balaban J connectivity index is 1.94. The lowest BCUT2D eigenvalue weighted by Crippen LogP contribution is -2.15. The van der Waals surface area contributed by atoms with E-state index in [0.29, 0.717) is 17.0 Å². The highest BCUT2D eigenvalue weighted by Crippen LogP contribution is 2.38. The second-order valence-electron chi connectivity index (χ2n) is 6.70. The summed E-state index contributed by atoms with van der Waals surface area (Å²) in [7, 11) is 1.65. The third-order valence-corrected chi connectivity index (χ3v) is 6.08. The van der Waals surface area contributed by atoms with E-state index in [2.05, 4.69) is 10.0 Å². The molecular formula is C23H24N2O7S. The van der Waals surface area contributed by atoms with Gasteiger partial charge in [0.25, 0.3) is 15.9 Å². The molecule has 0 radical (unpaired) electrons. The van der Waals surface area contributed by atoms with Crippen molar-refractivity contribution in [3.05, 3.63) is 66.2 Å².